The van der Waals surface area contributed by atoms with E-state index >= 15 is 0 Å². The van der Waals surface area contributed by atoms with Gasteiger partial charge in [-0.25, -0.2) is 0 Å². The fourth-order valence-corrected chi connectivity index (χ4v) is 2.72. The van der Waals surface area contributed by atoms with Gasteiger partial charge in [0.05, 0.1) is 11.3 Å². The quantitative estimate of drug-likeness (QED) is 0.888. The van der Waals surface area contributed by atoms with Crippen LogP contribution in [0.15, 0.2) is 24.3 Å². The maximum Gasteiger partial charge on any atom is 0.250 e. The van der Waals surface area contributed by atoms with Crippen LogP contribution < -0.4 is 11.1 Å². The topological polar surface area (TPSA) is 75.4 Å². The monoisotopic (exact) mass is 289 g/mol. The normalized spacial score (nSPS) is 16.9. The van der Waals surface area contributed by atoms with Crippen molar-refractivity contribution in [3.8, 4) is 0 Å². The Kier molecular flexibility index (Phi) is 4.96. The third-order valence-electron chi connectivity index (χ3n) is 4.08. The van der Waals surface area contributed by atoms with Crippen molar-refractivity contribution in [1.82, 2.24) is 4.90 Å². The molecule has 114 valence electrons. The SMILES string of the molecule is CC(C)N1CCC(C(=O)Nc2ccccc2C(N)=O)CC1. The van der Waals surface area contributed by atoms with Crippen LogP contribution in [-0.2, 0) is 4.79 Å². The number of anilines is 1. The van der Waals surface area contributed by atoms with Crippen LogP contribution in [0.2, 0.25) is 0 Å². The van der Waals surface area contributed by atoms with Gasteiger partial charge >= 0.3 is 0 Å². The van der Waals surface area contributed by atoms with Crippen molar-refractivity contribution in [2.24, 2.45) is 11.7 Å². The van der Waals surface area contributed by atoms with E-state index in [2.05, 4.69) is 24.1 Å². The van der Waals surface area contributed by atoms with Crippen molar-refractivity contribution in [2.45, 2.75) is 32.7 Å². The van der Waals surface area contributed by atoms with Crippen molar-refractivity contribution in [3.63, 3.8) is 0 Å². The predicted octanol–water partition coefficient (Wildman–Crippen LogP) is 1.84. The summed E-state index contributed by atoms with van der Waals surface area (Å²) in [6, 6.07) is 7.37. The van der Waals surface area contributed by atoms with Crippen LogP contribution in [-0.4, -0.2) is 35.8 Å². The van der Waals surface area contributed by atoms with E-state index in [0.29, 0.717) is 17.3 Å². The maximum atomic E-state index is 12.3. The number of nitrogens with zero attached hydrogens (tertiary/aromatic N) is 1. The second kappa shape index (κ2) is 6.72. The summed E-state index contributed by atoms with van der Waals surface area (Å²) in [7, 11) is 0. The lowest BCUT2D eigenvalue weighted by Gasteiger charge is -2.34. The molecule has 2 rings (SSSR count). The minimum absolute atomic E-state index is 0.000864. The number of nitrogens with one attached hydrogen (secondary N) is 1. The molecule has 1 heterocycles. The molecule has 1 aromatic rings. The Morgan fingerprint density at radius 1 is 1.24 bits per heavy atom. The minimum Gasteiger partial charge on any atom is -0.366 e. The molecule has 1 aliphatic rings. The van der Waals surface area contributed by atoms with Gasteiger partial charge < -0.3 is 16.0 Å². The third kappa shape index (κ3) is 3.82. The van der Waals surface area contributed by atoms with Crippen LogP contribution in [0, 0.1) is 5.92 Å². The van der Waals surface area contributed by atoms with Crippen molar-refractivity contribution in [3.05, 3.63) is 29.8 Å². The van der Waals surface area contributed by atoms with Crippen molar-refractivity contribution in [1.29, 1.82) is 0 Å². The summed E-state index contributed by atoms with van der Waals surface area (Å²) in [4.78, 5) is 26.1. The Morgan fingerprint density at radius 3 is 2.43 bits per heavy atom. The van der Waals surface area contributed by atoms with E-state index in [9.17, 15) is 9.59 Å². The van der Waals surface area contributed by atoms with E-state index in [-0.39, 0.29) is 11.8 Å². The molecule has 1 saturated heterocycles. The van der Waals surface area contributed by atoms with E-state index in [1.807, 2.05) is 0 Å². The van der Waals surface area contributed by atoms with Gasteiger partial charge in [0.15, 0.2) is 0 Å². The molecule has 0 aliphatic carbocycles. The van der Waals surface area contributed by atoms with Gasteiger partial charge in [0.2, 0.25) is 5.91 Å². The second-order valence-electron chi connectivity index (χ2n) is 5.80. The molecule has 2 amide bonds. The number of rotatable bonds is 4. The summed E-state index contributed by atoms with van der Waals surface area (Å²) in [5.41, 5.74) is 6.18. The Hall–Kier alpha value is -1.88. The molecular formula is C16H23N3O2. The first-order valence-electron chi connectivity index (χ1n) is 7.42. The fraction of sp³-hybridized carbons (Fsp3) is 0.500. The third-order valence-corrected chi connectivity index (χ3v) is 4.08. The molecule has 0 spiro atoms. The van der Waals surface area contributed by atoms with Crippen molar-refractivity contribution >= 4 is 17.5 Å². The molecule has 0 aromatic heterocycles. The standard InChI is InChI=1S/C16H23N3O2/c1-11(2)19-9-7-12(8-10-19)16(21)18-14-6-4-3-5-13(14)15(17)20/h3-6,11-12H,7-10H2,1-2H3,(H2,17,20)(H,18,21). The number of likely N-dealkylation sites (tertiary alicyclic amines) is 1. The highest BCUT2D eigenvalue weighted by molar-refractivity contribution is 6.03. The van der Waals surface area contributed by atoms with E-state index in [1.165, 1.54) is 0 Å². The van der Waals surface area contributed by atoms with Crippen LogP contribution in [0.5, 0.6) is 0 Å². The molecular weight excluding hydrogens is 266 g/mol. The Bertz CT molecular complexity index is 520. The zero-order valence-corrected chi connectivity index (χ0v) is 12.6. The number of piperidine rings is 1. The molecule has 0 saturated carbocycles. The lowest BCUT2D eigenvalue weighted by Crippen LogP contribution is -2.41. The summed E-state index contributed by atoms with van der Waals surface area (Å²) in [5, 5.41) is 2.85. The van der Waals surface area contributed by atoms with E-state index in [1.54, 1.807) is 24.3 Å². The summed E-state index contributed by atoms with van der Waals surface area (Å²) >= 11 is 0. The van der Waals surface area contributed by atoms with Crippen LogP contribution in [0.4, 0.5) is 5.69 Å². The number of primary amides is 1. The average molecular weight is 289 g/mol. The lowest BCUT2D eigenvalue weighted by atomic mass is 9.95. The van der Waals surface area contributed by atoms with Crippen LogP contribution in [0.3, 0.4) is 0 Å². The molecule has 0 bridgehead atoms. The van der Waals surface area contributed by atoms with Crippen LogP contribution in [0.1, 0.15) is 37.0 Å². The van der Waals surface area contributed by atoms with Crippen molar-refractivity contribution < 1.29 is 9.59 Å². The maximum absolute atomic E-state index is 12.3. The highest BCUT2D eigenvalue weighted by Gasteiger charge is 2.26. The largest absolute Gasteiger partial charge is 0.366 e. The minimum atomic E-state index is -0.527. The number of carbonyl (C=O) groups is 2. The first-order valence-corrected chi connectivity index (χ1v) is 7.42. The van der Waals surface area contributed by atoms with Gasteiger partial charge in [-0.15, -0.1) is 0 Å². The summed E-state index contributed by atoms with van der Waals surface area (Å²) < 4.78 is 0. The van der Waals surface area contributed by atoms with Gasteiger partial charge in [-0.3, -0.25) is 9.59 Å². The van der Waals surface area contributed by atoms with E-state index in [4.69, 9.17) is 5.73 Å². The van der Waals surface area contributed by atoms with Gasteiger partial charge in [0.1, 0.15) is 0 Å². The molecule has 5 heteroatoms. The average Bonchev–Trinajstić information content (AvgIpc) is 2.47. The Balaban J connectivity index is 1.98. The van der Waals surface area contributed by atoms with Crippen molar-refractivity contribution in [2.75, 3.05) is 18.4 Å². The molecule has 21 heavy (non-hydrogen) atoms. The highest BCUT2D eigenvalue weighted by atomic mass is 16.2. The summed E-state index contributed by atoms with van der Waals surface area (Å²) in [5.74, 6) is -0.548. The fourth-order valence-electron chi connectivity index (χ4n) is 2.72. The first kappa shape index (κ1) is 15.5. The summed E-state index contributed by atoms with van der Waals surface area (Å²) in [6.45, 7) is 6.22. The smallest absolute Gasteiger partial charge is 0.250 e. The van der Waals surface area contributed by atoms with Gasteiger partial charge in [0.25, 0.3) is 5.91 Å². The lowest BCUT2D eigenvalue weighted by molar-refractivity contribution is -0.121. The zero-order valence-electron chi connectivity index (χ0n) is 12.6. The molecule has 1 aromatic carbocycles. The Morgan fingerprint density at radius 2 is 1.86 bits per heavy atom. The predicted molar refractivity (Wildman–Crippen MR) is 83.0 cm³/mol. The molecule has 5 nitrogen and oxygen atoms in total. The van der Waals surface area contributed by atoms with Gasteiger partial charge in [-0.05, 0) is 51.9 Å². The molecule has 1 fully saturated rings. The molecule has 1 aliphatic heterocycles. The van der Waals surface area contributed by atoms with Gasteiger partial charge in [0, 0.05) is 12.0 Å². The van der Waals surface area contributed by atoms with E-state index < -0.39 is 5.91 Å². The zero-order chi connectivity index (χ0) is 15.4. The summed E-state index contributed by atoms with van der Waals surface area (Å²) in [6.07, 6.45) is 1.70. The molecule has 0 atom stereocenters. The first-order chi connectivity index (χ1) is 9.99. The molecule has 0 radical (unpaired) electrons. The number of carbonyl (C=O) groups excluding carboxylic acids is 2. The van der Waals surface area contributed by atoms with E-state index in [0.717, 1.165) is 25.9 Å². The molecule has 3 N–H and O–H groups in total. The second-order valence-corrected chi connectivity index (χ2v) is 5.80. The Labute approximate surface area is 125 Å². The number of amides is 2. The highest BCUT2D eigenvalue weighted by Crippen LogP contribution is 2.22. The number of para-hydroxylation sites is 1. The van der Waals surface area contributed by atoms with Crippen LogP contribution >= 0.6 is 0 Å². The number of nitrogens with two attached hydrogens (primary N) is 1. The van der Waals surface area contributed by atoms with Gasteiger partial charge in [-0.2, -0.15) is 0 Å². The number of benzene rings is 1. The van der Waals surface area contributed by atoms with Crippen LogP contribution in [0.25, 0.3) is 0 Å². The number of hydrogen-bond donors (Lipinski definition) is 2. The molecule has 0 unspecified atom stereocenters. The number of hydrogen-bond acceptors (Lipinski definition) is 3. The van der Waals surface area contributed by atoms with Gasteiger partial charge in [-0.1, -0.05) is 12.1 Å².